The van der Waals surface area contributed by atoms with Crippen molar-refractivity contribution in [2.45, 2.75) is 24.7 Å². The van der Waals surface area contributed by atoms with Crippen molar-refractivity contribution in [1.29, 1.82) is 0 Å². The molecule has 0 fully saturated rings. The van der Waals surface area contributed by atoms with Gasteiger partial charge in [-0.2, -0.15) is 5.10 Å². The van der Waals surface area contributed by atoms with Crippen LogP contribution in [0.2, 0.25) is 5.02 Å². The monoisotopic (exact) mass is 605 g/mol. The molecular weight excluding hydrogens is 578 g/mol. The molecule has 1 amide bonds. The Balaban J connectivity index is 1.33. The fraction of sp³-hybridized carbons (Fsp3) is 0.129. The molecule has 0 atom stereocenters. The Morgan fingerprint density at radius 3 is 2.24 bits per heavy atom. The summed E-state index contributed by atoms with van der Waals surface area (Å²) in [5.74, 6) is -0.0908. The second-order valence-corrected chi connectivity index (χ2v) is 11.1. The summed E-state index contributed by atoms with van der Waals surface area (Å²) < 4.78 is 39.0. The van der Waals surface area contributed by atoms with Gasteiger partial charge >= 0.3 is 5.97 Å². The molecule has 0 unspecified atom stereocenters. The van der Waals surface area contributed by atoms with Crippen LogP contribution in [0, 0.1) is 0 Å². The van der Waals surface area contributed by atoms with E-state index in [2.05, 4.69) is 22.2 Å². The maximum absolute atomic E-state index is 12.8. The highest BCUT2D eigenvalue weighted by atomic mass is 35.5. The minimum atomic E-state index is -3.96. The van der Waals surface area contributed by atoms with Crippen LogP contribution in [-0.2, 0) is 10.0 Å². The second kappa shape index (κ2) is 14.3. The first kappa shape index (κ1) is 30.3. The Bertz CT molecular complexity index is 1660. The smallest absolute Gasteiger partial charge is 0.343 e. The fourth-order valence-corrected chi connectivity index (χ4v) is 4.83. The number of carbonyl (C=O) groups is 2. The maximum Gasteiger partial charge on any atom is 0.343 e. The predicted molar refractivity (Wildman–Crippen MR) is 162 cm³/mol. The Morgan fingerprint density at radius 2 is 1.55 bits per heavy atom. The van der Waals surface area contributed by atoms with Crippen LogP contribution in [0.4, 0.5) is 5.69 Å². The largest absolute Gasteiger partial charge is 0.494 e. The van der Waals surface area contributed by atoms with Gasteiger partial charge in [0.1, 0.15) is 11.5 Å². The van der Waals surface area contributed by atoms with Crippen molar-refractivity contribution in [3.8, 4) is 11.5 Å². The summed E-state index contributed by atoms with van der Waals surface area (Å²) in [7, 11) is -3.96. The van der Waals surface area contributed by atoms with Crippen LogP contribution in [0.1, 0.15) is 46.0 Å². The van der Waals surface area contributed by atoms with Crippen LogP contribution >= 0.6 is 11.6 Å². The van der Waals surface area contributed by atoms with E-state index in [0.29, 0.717) is 34.3 Å². The van der Waals surface area contributed by atoms with Crippen molar-refractivity contribution < 1.29 is 27.5 Å². The number of esters is 1. The number of anilines is 1. The van der Waals surface area contributed by atoms with Crippen LogP contribution in [0.3, 0.4) is 0 Å². The zero-order valence-electron chi connectivity index (χ0n) is 22.6. The normalized spacial score (nSPS) is 11.2. The molecule has 0 aromatic heterocycles. The molecule has 0 aliphatic rings. The Labute approximate surface area is 249 Å². The molecule has 0 radical (unpaired) electrons. The van der Waals surface area contributed by atoms with Gasteiger partial charge < -0.3 is 9.47 Å². The summed E-state index contributed by atoms with van der Waals surface area (Å²) >= 11 is 5.85. The molecule has 2 N–H and O–H groups in total. The molecular formula is C31H28ClN3O6S. The standard InChI is InChI=1S/C31H28ClN3O6S/c1-2-3-20-40-25-16-10-23(11-17-25)31(37)41-26-14-8-22(9-15-26)21-33-34-30(36)28-6-4-5-7-29(28)35-42(38,39)27-18-12-24(32)13-19-27/h4-19,21,35H,2-3,20H2,1H3,(H,34,36)/b33-21-. The van der Waals surface area contributed by atoms with Crippen LogP contribution in [0.25, 0.3) is 0 Å². The summed E-state index contributed by atoms with van der Waals surface area (Å²) in [4.78, 5) is 25.3. The molecule has 42 heavy (non-hydrogen) atoms. The molecule has 0 saturated heterocycles. The van der Waals surface area contributed by atoms with Crippen LogP contribution in [-0.4, -0.2) is 33.1 Å². The third-order valence-electron chi connectivity index (χ3n) is 5.87. The molecule has 4 aromatic rings. The fourth-order valence-electron chi connectivity index (χ4n) is 3.62. The Morgan fingerprint density at radius 1 is 0.881 bits per heavy atom. The van der Waals surface area contributed by atoms with Gasteiger partial charge in [-0.05, 0) is 96.9 Å². The lowest BCUT2D eigenvalue weighted by Crippen LogP contribution is -2.21. The average molecular weight is 606 g/mol. The topological polar surface area (TPSA) is 123 Å². The summed E-state index contributed by atoms with van der Waals surface area (Å²) in [6, 6.07) is 25.1. The van der Waals surface area contributed by atoms with E-state index in [1.807, 2.05) is 0 Å². The van der Waals surface area contributed by atoms with Crippen molar-refractivity contribution in [3.63, 3.8) is 0 Å². The summed E-state index contributed by atoms with van der Waals surface area (Å²) in [6.07, 6.45) is 3.40. The zero-order valence-corrected chi connectivity index (χ0v) is 24.2. The highest BCUT2D eigenvalue weighted by Gasteiger charge is 2.18. The summed E-state index contributed by atoms with van der Waals surface area (Å²) in [5, 5.41) is 4.36. The number of unbranched alkanes of at least 4 members (excludes halogenated alkanes) is 1. The zero-order chi connectivity index (χ0) is 30.0. The first-order valence-electron chi connectivity index (χ1n) is 13.0. The van der Waals surface area contributed by atoms with Crippen LogP contribution < -0.4 is 19.6 Å². The maximum atomic E-state index is 12.8. The van der Waals surface area contributed by atoms with Gasteiger partial charge in [-0.3, -0.25) is 9.52 Å². The van der Waals surface area contributed by atoms with Gasteiger partial charge in [0, 0.05) is 5.02 Å². The SMILES string of the molecule is CCCCOc1ccc(C(=O)Oc2ccc(/C=N\NC(=O)c3ccccc3NS(=O)(=O)c3ccc(Cl)cc3)cc2)cc1. The third-order valence-corrected chi connectivity index (χ3v) is 7.50. The van der Waals surface area contributed by atoms with Crippen molar-refractivity contribution >= 4 is 45.4 Å². The molecule has 0 spiro atoms. The predicted octanol–water partition coefficient (Wildman–Crippen LogP) is 6.30. The average Bonchev–Trinajstić information content (AvgIpc) is 2.99. The number of hydrogen-bond donors (Lipinski definition) is 2. The van der Waals surface area contributed by atoms with Gasteiger partial charge in [-0.25, -0.2) is 18.6 Å². The van der Waals surface area contributed by atoms with Crippen molar-refractivity contribution in [2.24, 2.45) is 5.10 Å². The van der Waals surface area contributed by atoms with Gasteiger partial charge in [-0.1, -0.05) is 37.1 Å². The molecule has 4 rings (SSSR count). The van der Waals surface area contributed by atoms with E-state index in [1.165, 1.54) is 42.6 Å². The van der Waals surface area contributed by atoms with Gasteiger partial charge in [0.15, 0.2) is 0 Å². The lowest BCUT2D eigenvalue weighted by Gasteiger charge is -2.11. The molecule has 4 aromatic carbocycles. The molecule has 0 aliphatic heterocycles. The lowest BCUT2D eigenvalue weighted by molar-refractivity contribution is 0.0734. The van der Waals surface area contributed by atoms with Crippen LogP contribution in [0.15, 0.2) is 107 Å². The molecule has 11 heteroatoms. The molecule has 0 saturated carbocycles. The Hall–Kier alpha value is -4.67. The number of benzene rings is 4. The molecule has 9 nitrogen and oxygen atoms in total. The van der Waals surface area contributed by atoms with Crippen molar-refractivity contribution in [2.75, 3.05) is 11.3 Å². The lowest BCUT2D eigenvalue weighted by atomic mass is 10.2. The van der Waals surface area contributed by atoms with E-state index in [4.69, 9.17) is 21.1 Å². The summed E-state index contributed by atoms with van der Waals surface area (Å²) in [5.41, 5.74) is 3.57. The first-order chi connectivity index (χ1) is 20.2. The number of halogens is 1. The number of sulfonamides is 1. The van der Waals surface area contributed by atoms with Gasteiger partial charge in [0.2, 0.25) is 0 Å². The number of nitrogens with one attached hydrogen (secondary N) is 2. The highest BCUT2D eigenvalue weighted by Crippen LogP contribution is 2.22. The minimum Gasteiger partial charge on any atom is -0.494 e. The van der Waals surface area contributed by atoms with E-state index in [1.54, 1.807) is 60.7 Å². The van der Waals surface area contributed by atoms with Crippen molar-refractivity contribution in [1.82, 2.24) is 5.43 Å². The summed E-state index contributed by atoms with van der Waals surface area (Å²) in [6.45, 7) is 2.71. The minimum absolute atomic E-state index is 0.000399. The number of para-hydroxylation sites is 1. The van der Waals surface area contributed by atoms with E-state index in [-0.39, 0.29) is 16.1 Å². The second-order valence-electron chi connectivity index (χ2n) is 8.99. The van der Waals surface area contributed by atoms with E-state index >= 15 is 0 Å². The number of nitrogens with zero attached hydrogens (tertiary/aromatic N) is 1. The molecule has 216 valence electrons. The molecule has 0 heterocycles. The number of hydrazone groups is 1. The number of hydrogen-bond acceptors (Lipinski definition) is 7. The van der Waals surface area contributed by atoms with Gasteiger partial charge in [0.05, 0.1) is 34.5 Å². The number of ether oxygens (including phenoxy) is 2. The molecule has 0 bridgehead atoms. The van der Waals surface area contributed by atoms with E-state index in [0.717, 1.165) is 12.8 Å². The number of amides is 1. The number of rotatable bonds is 12. The quantitative estimate of drug-likeness (QED) is 0.0642. The van der Waals surface area contributed by atoms with E-state index in [9.17, 15) is 18.0 Å². The van der Waals surface area contributed by atoms with Crippen molar-refractivity contribution in [3.05, 3.63) is 119 Å². The highest BCUT2D eigenvalue weighted by molar-refractivity contribution is 7.92. The van der Waals surface area contributed by atoms with Crippen LogP contribution in [0.5, 0.6) is 11.5 Å². The van der Waals surface area contributed by atoms with Gasteiger partial charge in [-0.15, -0.1) is 0 Å². The number of carbonyl (C=O) groups excluding carboxylic acids is 2. The first-order valence-corrected chi connectivity index (χ1v) is 14.9. The Kier molecular flexibility index (Phi) is 10.3. The van der Waals surface area contributed by atoms with E-state index < -0.39 is 21.9 Å². The molecule has 0 aliphatic carbocycles. The third kappa shape index (κ3) is 8.42. The van der Waals surface area contributed by atoms with Gasteiger partial charge in [0.25, 0.3) is 15.9 Å².